The van der Waals surface area contributed by atoms with E-state index in [1.54, 1.807) is 0 Å². The van der Waals surface area contributed by atoms with Gasteiger partial charge in [0.15, 0.2) is 0 Å². The molecule has 0 spiro atoms. The first-order valence-electron chi connectivity index (χ1n) is 8.90. The minimum Gasteiger partial charge on any atom is -0.444 e. The van der Waals surface area contributed by atoms with Crippen molar-refractivity contribution in [2.24, 2.45) is 0 Å². The summed E-state index contributed by atoms with van der Waals surface area (Å²) < 4.78 is 5.13. The second kappa shape index (κ2) is 12.8. The molecular formula is C18H34N2O4. The van der Waals surface area contributed by atoms with Crippen molar-refractivity contribution in [2.75, 3.05) is 13.1 Å². The number of carbonyl (C=O) groups excluding carboxylic acids is 2. The van der Waals surface area contributed by atoms with Crippen LogP contribution in [0.4, 0.5) is 4.79 Å². The molecule has 0 aliphatic carbocycles. The maximum atomic E-state index is 11.6. The maximum absolute atomic E-state index is 11.6. The van der Waals surface area contributed by atoms with Crippen molar-refractivity contribution in [1.29, 1.82) is 0 Å². The normalized spacial score (nSPS) is 11.5. The number of hydrogen-bond donors (Lipinski definition) is 2. The minimum atomic E-state index is -0.494. The summed E-state index contributed by atoms with van der Waals surface area (Å²) in [4.78, 5) is 23.1. The SMILES string of the molecule is CCCCC/C=C/C(=O)N(O)CCCCCNC(=O)OC(C)(C)C. The fraction of sp³-hybridized carbons (Fsp3) is 0.778. The molecule has 0 aromatic carbocycles. The average molecular weight is 342 g/mol. The molecule has 140 valence electrons. The highest BCUT2D eigenvalue weighted by Crippen LogP contribution is 2.06. The number of rotatable bonds is 11. The van der Waals surface area contributed by atoms with Gasteiger partial charge in [0.1, 0.15) is 5.60 Å². The molecule has 0 aliphatic rings. The van der Waals surface area contributed by atoms with Gasteiger partial charge >= 0.3 is 6.09 Å². The third kappa shape index (κ3) is 14.1. The van der Waals surface area contributed by atoms with E-state index >= 15 is 0 Å². The van der Waals surface area contributed by atoms with Gasteiger partial charge in [-0.1, -0.05) is 25.8 Å². The lowest BCUT2D eigenvalue weighted by molar-refractivity contribution is -0.159. The second-order valence-corrected chi connectivity index (χ2v) is 6.85. The Morgan fingerprint density at radius 2 is 1.83 bits per heavy atom. The molecule has 2 N–H and O–H groups in total. The van der Waals surface area contributed by atoms with E-state index in [4.69, 9.17) is 4.74 Å². The Balaban J connectivity index is 3.66. The van der Waals surface area contributed by atoms with Crippen LogP contribution in [-0.4, -0.2) is 41.0 Å². The first-order chi connectivity index (χ1) is 11.3. The molecule has 0 aromatic rings. The number of nitrogens with one attached hydrogen (secondary N) is 1. The summed E-state index contributed by atoms with van der Waals surface area (Å²) in [6, 6.07) is 0. The number of unbranched alkanes of at least 4 members (excludes halogenated alkanes) is 5. The lowest BCUT2D eigenvalue weighted by atomic mass is 10.2. The van der Waals surface area contributed by atoms with E-state index in [9.17, 15) is 14.8 Å². The van der Waals surface area contributed by atoms with Gasteiger partial charge in [0.25, 0.3) is 5.91 Å². The predicted octanol–water partition coefficient (Wildman–Crippen LogP) is 4.04. The van der Waals surface area contributed by atoms with Crippen molar-refractivity contribution >= 4 is 12.0 Å². The van der Waals surface area contributed by atoms with E-state index in [0.717, 1.165) is 43.6 Å². The van der Waals surface area contributed by atoms with Crippen LogP contribution in [0.1, 0.15) is 72.6 Å². The van der Waals surface area contributed by atoms with Crippen LogP contribution in [0.3, 0.4) is 0 Å². The number of alkyl carbamates (subject to hydrolysis) is 1. The topological polar surface area (TPSA) is 78.9 Å². The zero-order valence-corrected chi connectivity index (χ0v) is 15.6. The smallest absolute Gasteiger partial charge is 0.407 e. The molecule has 0 saturated carbocycles. The molecule has 2 amide bonds. The second-order valence-electron chi connectivity index (χ2n) is 6.85. The van der Waals surface area contributed by atoms with Crippen molar-refractivity contribution in [3.05, 3.63) is 12.2 Å². The minimum absolute atomic E-state index is 0.296. The first-order valence-corrected chi connectivity index (χ1v) is 8.90. The maximum Gasteiger partial charge on any atom is 0.407 e. The average Bonchev–Trinajstić information content (AvgIpc) is 2.48. The number of hydroxylamine groups is 2. The quantitative estimate of drug-likeness (QED) is 0.257. The molecule has 24 heavy (non-hydrogen) atoms. The van der Waals surface area contributed by atoms with Gasteiger partial charge in [-0.05, 0) is 52.9 Å². The summed E-state index contributed by atoms with van der Waals surface area (Å²) in [6.45, 7) is 8.40. The fourth-order valence-electron chi connectivity index (χ4n) is 1.96. The van der Waals surface area contributed by atoms with E-state index in [0.29, 0.717) is 19.5 Å². The van der Waals surface area contributed by atoms with Crippen LogP contribution in [-0.2, 0) is 9.53 Å². The molecule has 0 heterocycles. The lowest BCUT2D eigenvalue weighted by Gasteiger charge is -2.19. The van der Waals surface area contributed by atoms with Crippen LogP contribution in [0.15, 0.2) is 12.2 Å². The van der Waals surface area contributed by atoms with E-state index in [1.807, 2.05) is 26.8 Å². The Bertz CT molecular complexity index is 389. The number of nitrogens with zero attached hydrogens (tertiary/aromatic N) is 1. The van der Waals surface area contributed by atoms with Crippen LogP contribution in [0.2, 0.25) is 0 Å². The third-order valence-corrected chi connectivity index (χ3v) is 3.20. The number of allylic oxidation sites excluding steroid dienone is 1. The van der Waals surface area contributed by atoms with Gasteiger partial charge < -0.3 is 10.1 Å². The summed E-state index contributed by atoms with van der Waals surface area (Å²) in [6.07, 6.45) is 9.31. The largest absolute Gasteiger partial charge is 0.444 e. The molecule has 0 unspecified atom stereocenters. The van der Waals surface area contributed by atoms with E-state index in [-0.39, 0.29) is 5.91 Å². The van der Waals surface area contributed by atoms with Crippen LogP contribution in [0.5, 0.6) is 0 Å². The lowest BCUT2D eigenvalue weighted by Crippen LogP contribution is -2.33. The summed E-state index contributed by atoms with van der Waals surface area (Å²) in [5.41, 5.74) is -0.494. The van der Waals surface area contributed by atoms with Crippen LogP contribution >= 0.6 is 0 Å². The van der Waals surface area contributed by atoms with Crippen molar-refractivity contribution in [3.8, 4) is 0 Å². The van der Waals surface area contributed by atoms with Gasteiger partial charge in [-0.3, -0.25) is 10.0 Å². The highest BCUT2D eigenvalue weighted by molar-refractivity contribution is 5.86. The van der Waals surface area contributed by atoms with Gasteiger partial charge in [0.2, 0.25) is 0 Å². The van der Waals surface area contributed by atoms with Crippen LogP contribution in [0.25, 0.3) is 0 Å². The highest BCUT2D eigenvalue weighted by Gasteiger charge is 2.15. The molecule has 0 radical (unpaired) electrons. The Labute approximate surface area is 146 Å². The van der Waals surface area contributed by atoms with Crippen molar-refractivity contribution < 1.29 is 19.5 Å². The predicted molar refractivity (Wildman–Crippen MR) is 94.9 cm³/mol. The Morgan fingerprint density at radius 1 is 1.12 bits per heavy atom. The first kappa shape index (κ1) is 22.4. The molecule has 0 aromatic heterocycles. The molecule has 0 saturated heterocycles. The standard InChI is InChI=1S/C18H34N2O4/c1-5-6-7-8-10-13-16(21)20(23)15-12-9-11-14-19-17(22)24-18(2,3)4/h10,13,23H,5-9,11-12,14-15H2,1-4H3,(H,19,22)/b13-10+. The van der Waals surface area contributed by atoms with E-state index < -0.39 is 11.7 Å². The Hall–Kier alpha value is -1.56. The molecule has 0 aliphatic heterocycles. The highest BCUT2D eigenvalue weighted by atomic mass is 16.6. The molecule has 0 bridgehead atoms. The molecule has 6 heteroatoms. The van der Waals surface area contributed by atoms with Gasteiger partial charge in [0.05, 0.1) is 0 Å². The van der Waals surface area contributed by atoms with E-state index in [1.165, 1.54) is 6.08 Å². The fourth-order valence-corrected chi connectivity index (χ4v) is 1.96. The molecule has 0 rings (SSSR count). The monoisotopic (exact) mass is 342 g/mol. The van der Waals surface area contributed by atoms with E-state index in [2.05, 4.69) is 12.2 Å². The number of amides is 2. The summed E-state index contributed by atoms with van der Waals surface area (Å²) in [5, 5.41) is 13.1. The van der Waals surface area contributed by atoms with Gasteiger partial charge in [-0.25, -0.2) is 9.86 Å². The van der Waals surface area contributed by atoms with Crippen molar-refractivity contribution in [1.82, 2.24) is 10.4 Å². The third-order valence-electron chi connectivity index (χ3n) is 3.20. The Kier molecular flexibility index (Phi) is 12.0. The van der Waals surface area contributed by atoms with Gasteiger partial charge in [-0.2, -0.15) is 0 Å². The number of ether oxygens (including phenoxy) is 1. The molecule has 0 fully saturated rings. The summed E-state index contributed by atoms with van der Waals surface area (Å²) in [7, 11) is 0. The van der Waals surface area contributed by atoms with Crippen molar-refractivity contribution in [2.45, 2.75) is 78.2 Å². The zero-order chi connectivity index (χ0) is 18.4. The molecular weight excluding hydrogens is 308 g/mol. The van der Waals surface area contributed by atoms with Crippen LogP contribution in [0, 0.1) is 0 Å². The molecule has 0 atom stereocenters. The van der Waals surface area contributed by atoms with Crippen LogP contribution < -0.4 is 5.32 Å². The molecule has 6 nitrogen and oxygen atoms in total. The van der Waals surface area contributed by atoms with Gasteiger partial charge in [0, 0.05) is 19.2 Å². The number of hydrogen-bond acceptors (Lipinski definition) is 4. The zero-order valence-electron chi connectivity index (χ0n) is 15.6. The van der Waals surface area contributed by atoms with Crippen molar-refractivity contribution in [3.63, 3.8) is 0 Å². The Morgan fingerprint density at radius 3 is 2.46 bits per heavy atom. The van der Waals surface area contributed by atoms with Gasteiger partial charge in [-0.15, -0.1) is 0 Å². The summed E-state index contributed by atoms with van der Waals surface area (Å²) in [5.74, 6) is -0.377. The summed E-state index contributed by atoms with van der Waals surface area (Å²) >= 11 is 0. The number of carbonyl (C=O) groups is 2.